The molecule has 1 saturated heterocycles. The molecule has 1 nitrogen and oxygen atoms in total. The normalized spacial score (nSPS) is 44.1. The SMILES string of the molecule is CC.CC1C(C)C2C1CCCN2C. The second kappa shape index (κ2) is 4.45. The number of hydrogen-bond acceptors (Lipinski definition) is 1. The lowest BCUT2D eigenvalue weighted by Crippen LogP contribution is -2.59. The van der Waals surface area contributed by atoms with E-state index < -0.39 is 0 Å². The van der Waals surface area contributed by atoms with Gasteiger partial charge in [0.2, 0.25) is 0 Å². The molecule has 1 aliphatic heterocycles. The number of rotatable bonds is 0. The first kappa shape index (κ1) is 11.0. The van der Waals surface area contributed by atoms with E-state index >= 15 is 0 Å². The van der Waals surface area contributed by atoms with Crippen molar-refractivity contribution in [2.75, 3.05) is 13.6 Å². The zero-order valence-corrected chi connectivity index (χ0v) is 9.88. The second-order valence-electron chi connectivity index (χ2n) is 4.50. The average molecular weight is 183 g/mol. The van der Waals surface area contributed by atoms with E-state index in [9.17, 15) is 0 Å². The molecule has 2 fully saturated rings. The highest BCUT2D eigenvalue weighted by atomic mass is 15.2. The highest BCUT2D eigenvalue weighted by molar-refractivity contribution is 5.00. The smallest absolute Gasteiger partial charge is 0.0151 e. The second-order valence-corrected chi connectivity index (χ2v) is 4.50. The Kier molecular flexibility index (Phi) is 3.78. The van der Waals surface area contributed by atoms with Gasteiger partial charge in [-0.1, -0.05) is 27.7 Å². The summed E-state index contributed by atoms with van der Waals surface area (Å²) < 4.78 is 0. The van der Waals surface area contributed by atoms with Gasteiger partial charge in [0.05, 0.1) is 0 Å². The van der Waals surface area contributed by atoms with Crippen molar-refractivity contribution in [1.29, 1.82) is 0 Å². The van der Waals surface area contributed by atoms with Crippen LogP contribution in [0.1, 0.15) is 40.5 Å². The van der Waals surface area contributed by atoms with E-state index in [0.717, 1.165) is 23.8 Å². The average Bonchev–Trinajstić information content (AvgIpc) is 2.19. The van der Waals surface area contributed by atoms with Crippen LogP contribution in [0, 0.1) is 17.8 Å². The highest BCUT2D eigenvalue weighted by Crippen LogP contribution is 2.47. The number of hydrogen-bond donors (Lipinski definition) is 0. The first-order valence-corrected chi connectivity index (χ1v) is 5.92. The highest BCUT2D eigenvalue weighted by Gasteiger charge is 2.47. The van der Waals surface area contributed by atoms with Gasteiger partial charge in [-0.05, 0) is 44.2 Å². The number of nitrogens with zero attached hydrogens (tertiary/aromatic N) is 1. The lowest BCUT2D eigenvalue weighted by Gasteiger charge is -2.56. The summed E-state index contributed by atoms with van der Waals surface area (Å²) in [6.45, 7) is 10.2. The van der Waals surface area contributed by atoms with Gasteiger partial charge >= 0.3 is 0 Å². The quantitative estimate of drug-likeness (QED) is 0.558. The molecule has 0 spiro atoms. The van der Waals surface area contributed by atoms with Crippen molar-refractivity contribution < 1.29 is 0 Å². The van der Waals surface area contributed by atoms with Gasteiger partial charge in [-0.2, -0.15) is 0 Å². The summed E-state index contributed by atoms with van der Waals surface area (Å²) in [4.78, 5) is 2.57. The van der Waals surface area contributed by atoms with Crippen LogP contribution in [0.3, 0.4) is 0 Å². The van der Waals surface area contributed by atoms with Crippen LogP contribution in [0.15, 0.2) is 0 Å². The van der Waals surface area contributed by atoms with Crippen LogP contribution >= 0.6 is 0 Å². The van der Waals surface area contributed by atoms with Crippen LogP contribution in [0.25, 0.3) is 0 Å². The van der Waals surface area contributed by atoms with Gasteiger partial charge in [0.25, 0.3) is 0 Å². The topological polar surface area (TPSA) is 3.24 Å². The molecule has 0 radical (unpaired) electrons. The molecule has 2 aliphatic rings. The number of fused-ring (bicyclic) bond motifs is 1. The van der Waals surface area contributed by atoms with Crippen LogP contribution in [-0.2, 0) is 0 Å². The van der Waals surface area contributed by atoms with Crippen molar-refractivity contribution in [2.45, 2.75) is 46.6 Å². The van der Waals surface area contributed by atoms with Crippen LogP contribution in [-0.4, -0.2) is 24.5 Å². The maximum absolute atomic E-state index is 2.57. The molecule has 0 amide bonds. The van der Waals surface area contributed by atoms with Crippen molar-refractivity contribution in [3.63, 3.8) is 0 Å². The predicted molar refractivity (Wildman–Crippen MR) is 58.8 cm³/mol. The van der Waals surface area contributed by atoms with E-state index in [4.69, 9.17) is 0 Å². The van der Waals surface area contributed by atoms with Gasteiger partial charge in [0.15, 0.2) is 0 Å². The molecule has 4 unspecified atom stereocenters. The molecule has 4 atom stereocenters. The fourth-order valence-corrected chi connectivity index (χ4v) is 3.14. The van der Waals surface area contributed by atoms with Crippen LogP contribution in [0.2, 0.25) is 0 Å². The molecular weight excluding hydrogens is 158 g/mol. The van der Waals surface area contributed by atoms with Crippen molar-refractivity contribution in [3.05, 3.63) is 0 Å². The van der Waals surface area contributed by atoms with Gasteiger partial charge in [-0.15, -0.1) is 0 Å². The zero-order valence-electron chi connectivity index (χ0n) is 9.88. The van der Waals surface area contributed by atoms with E-state index in [2.05, 4.69) is 25.8 Å². The largest absolute Gasteiger partial charge is 0.303 e. The lowest BCUT2D eigenvalue weighted by molar-refractivity contribution is -0.0659. The molecular formula is C12H25N. The molecule has 1 heteroatoms. The Morgan fingerprint density at radius 2 is 1.69 bits per heavy atom. The van der Waals surface area contributed by atoms with Crippen LogP contribution in [0.5, 0.6) is 0 Å². The Labute approximate surface area is 83.5 Å². The Morgan fingerprint density at radius 3 is 2.23 bits per heavy atom. The molecule has 1 heterocycles. The van der Waals surface area contributed by atoms with E-state index in [1.807, 2.05) is 13.8 Å². The Hall–Kier alpha value is -0.0400. The minimum atomic E-state index is 0.929. The van der Waals surface area contributed by atoms with Crippen LogP contribution < -0.4 is 0 Å². The molecule has 0 N–H and O–H groups in total. The molecule has 0 aromatic rings. The monoisotopic (exact) mass is 183 g/mol. The number of piperidine rings is 1. The van der Waals surface area contributed by atoms with Crippen molar-refractivity contribution >= 4 is 0 Å². The summed E-state index contributed by atoms with van der Waals surface area (Å²) in [6.07, 6.45) is 2.91. The Morgan fingerprint density at radius 1 is 1.08 bits per heavy atom. The van der Waals surface area contributed by atoms with E-state index in [0.29, 0.717) is 0 Å². The third-order valence-electron chi connectivity index (χ3n) is 4.04. The summed E-state index contributed by atoms with van der Waals surface area (Å²) in [6, 6.07) is 0.929. The minimum Gasteiger partial charge on any atom is -0.303 e. The molecule has 0 bridgehead atoms. The molecule has 1 aliphatic carbocycles. The Balaban J connectivity index is 0.000000396. The molecule has 13 heavy (non-hydrogen) atoms. The Bertz CT molecular complexity index is 151. The number of likely N-dealkylation sites (tertiary alicyclic amines) is 1. The summed E-state index contributed by atoms with van der Waals surface area (Å²) >= 11 is 0. The molecule has 1 saturated carbocycles. The first-order chi connectivity index (χ1) is 6.22. The van der Waals surface area contributed by atoms with Gasteiger partial charge in [0.1, 0.15) is 0 Å². The fraction of sp³-hybridized carbons (Fsp3) is 1.00. The van der Waals surface area contributed by atoms with Crippen molar-refractivity contribution in [2.24, 2.45) is 17.8 Å². The maximum Gasteiger partial charge on any atom is 0.0151 e. The lowest BCUT2D eigenvalue weighted by atomic mass is 9.59. The van der Waals surface area contributed by atoms with Gasteiger partial charge in [-0.3, -0.25) is 0 Å². The summed E-state index contributed by atoms with van der Waals surface area (Å²) in [7, 11) is 2.29. The maximum atomic E-state index is 2.57. The van der Waals surface area contributed by atoms with E-state index in [1.54, 1.807) is 0 Å². The third kappa shape index (κ3) is 1.76. The standard InChI is InChI=1S/C10H19N.C2H6/c1-7-8(2)10-9(7)5-4-6-11(10)3;1-2/h7-10H,4-6H2,1-3H3;1-2H3. The van der Waals surface area contributed by atoms with E-state index in [1.165, 1.54) is 19.4 Å². The van der Waals surface area contributed by atoms with Crippen LogP contribution in [0.4, 0.5) is 0 Å². The van der Waals surface area contributed by atoms with E-state index in [-0.39, 0.29) is 0 Å². The summed E-state index contributed by atoms with van der Waals surface area (Å²) in [5, 5.41) is 0. The van der Waals surface area contributed by atoms with Gasteiger partial charge in [0, 0.05) is 6.04 Å². The molecule has 0 aromatic heterocycles. The first-order valence-electron chi connectivity index (χ1n) is 5.92. The van der Waals surface area contributed by atoms with Crippen molar-refractivity contribution in [1.82, 2.24) is 4.90 Å². The van der Waals surface area contributed by atoms with Crippen molar-refractivity contribution in [3.8, 4) is 0 Å². The van der Waals surface area contributed by atoms with Gasteiger partial charge < -0.3 is 4.90 Å². The van der Waals surface area contributed by atoms with Gasteiger partial charge in [-0.25, -0.2) is 0 Å². The molecule has 78 valence electrons. The minimum absolute atomic E-state index is 0.929. The third-order valence-corrected chi connectivity index (χ3v) is 4.04. The molecule has 0 aromatic carbocycles. The summed E-state index contributed by atoms with van der Waals surface area (Å²) in [5.41, 5.74) is 0. The molecule has 2 rings (SSSR count). The summed E-state index contributed by atoms with van der Waals surface area (Å²) in [5.74, 6) is 2.97. The fourth-order valence-electron chi connectivity index (χ4n) is 3.14. The predicted octanol–water partition coefficient (Wildman–Crippen LogP) is 3.01. The zero-order chi connectivity index (χ0) is 10.0.